The van der Waals surface area contributed by atoms with Gasteiger partial charge < -0.3 is 10.6 Å². The predicted octanol–water partition coefficient (Wildman–Crippen LogP) is 14.4. The van der Waals surface area contributed by atoms with E-state index in [9.17, 15) is 5.26 Å². The SMILES string of the molecule is N#Cc1cccc(Nc2ccc(-c3cccc(-c4ccccc4Nc4ccc5c(c4)-c4ccccc4C5(c4ccccc4)c4ccccc4)c3)cc2-c2ccccc2)c1. The number of rotatable bonds is 9. The molecule has 0 bridgehead atoms. The minimum atomic E-state index is -0.428. The van der Waals surface area contributed by atoms with Crippen molar-refractivity contribution in [2.75, 3.05) is 10.6 Å². The Labute approximate surface area is 345 Å². The van der Waals surface area contributed by atoms with Gasteiger partial charge in [0.05, 0.1) is 17.0 Å². The Balaban J connectivity index is 1.01. The van der Waals surface area contributed by atoms with Gasteiger partial charge in [-0.1, -0.05) is 170 Å². The van der Waals surface area contributed by atoms with Crippen LogP contribution in [0.1, 0.15) is 27.8 Å². The molecule has 0 atom stereocenters. The first-order chi connectivity index (χ1) is 29.2. The molecular weight excluding hydrogens is 715 g/mol. The van der Waals surface area contributed by atoms with Crippen LogP contribution in [0.2, 0.25) is 0 Å². The molecule has 9 aromatic rings. The largest absolute Gasteiger partial charge is 0.355 e. The van der Waals surface area contributed by atoms with Crippen molar-refractivity contribution in [1.29, 1.82) is 5.26 Å². The number of nitrogens with one attached hydrogen (secondary N) is 2. The van der Waals surface area contributed by atoms with Crippen LogP contribution in [0, 0.1) is 11.3 Å². The highest BCUT2D eigenvalue weighted by Crippen LogP contribution is 2.56. The predicted molar refractivity (Wildman–Crippen MR) is 244 cm³/mol. The van der Waals surface area contributed by atoms with Gasteiger partial charge in [0, 0.05) is 33.9 Å². The van der Waals surface area contributed by atoms with Gasteiger partial charge in [0.25, 0.3) is 0 Å². The maximum Gasteiger partial charge on any atom is 0.0992 e. The maximum atomic E-state index is 9.49. The van der Waals surface area contributed by atoms with Gasteiger partial charge in [-0.15, -0.1) is 0 Å². The zero-order chi connectivity index (χ0) is 39.6. The average molecular weight is 754 g/mol. The molecule has 3 heteroatoms. The lowest BCUT2D eigenvalue weighted by molar-refractivity contribution is 0.768. The van der Waals surface area contributed by atoms with Crippen LogP contribution >= 0.6 is 0 Å². The second-order valence-electron chi connectivity index (χ2n) is 15.0. The summed E-state index contributed by atoms with van der Waals surface area (Å²) in [5.74, 6) is 0. The van der Waals surface area contributed by atoms with E-state index in [-0.39, 0.29) is 0 Å². The Bertz CT molecular complexity index is 2960. The lowest BCUT2D eigenvalue weighted by Gasteiger charge is -2.33. The standard InChI is InChI=1S/C56H39N3/c57-38-39-16-14-25-46(34-39)58-55-33-30-42(36-50(55)40-17-4-1-5-18-40)41-19-15-20-43(35-41)48-26-11-13-29-54(48)59-47-31-32-53-51(37-47)49-27-10-12-28-52(49)56(53,44-21-6-2-7-22-44)45-23-8-3-9-24-45/h1-37,58-59H. The number of nitrogens with zero attached hydrogens (tertiary/aromatic N) is 1. The number of hydrogen-bond acceptors (Lipinski definition) is 3. The quantitative estimate of drug-likeness (QED) is 0.154. The van der Waals surface area contributed by atoms with Gasteiger partial charge >= 0.3 is 0 Å². The molecule has 1 aliphatic rings. The molecule has 1 aliphatic carbocycles. The molecule has 0 aromatic heterocycles. The minimum absolute atomic E-state index is 0.428. The van der Waals surface area contributed by atoms with Crippen molar-refractivity contribution >= 4 is 22.7 Å². The summed E-state index contributed by atoms with van der Waals surface area (Å²) in [5.41, 5.74) is 18.4. The Kier molecular flexibility index (Phi) is 9.14. The molecule has 0 spiro atoms. The van der Waals surface area contributed by atoms with E-state index in [1.165, 1.54) is 33.4 Å². The molecule has 0 heterocycles. The smallest absolute Gasteiger partial charge is 0.0992 e. The second kappa shape index (κ2) is 15.2. The molecule has 0 aliphatic heterocycles. The number of benzene rings is 9. The summed E-state index contributed by atoms with van der Waals surface area (Å²) in [6.07, 6.45) is 0. The fourth-order valence-electron chi connectivity index (χ4n) is 8.90. The number of anilines is 4. The highest BCUT2D eigenvalue weighted by atomic mass is 14.9. The molecule has 0 fully saturated rings. The van der Waals surface area contributed by atoms with Crippen molar-refractivity contribution in [2.24, 2.45) is 0 Å². The van der Waals surface area contributed by atoms with Crippen LogP contribution in [-0.2, 0) is 5.41 Å². The zero-order valence-electron chi connectivity index (χ0n) is 32.3. The third-order valence-electron chi connectivity index (χ3n) is 11.5. The van der Waals surface area contributed by atoms with Gasteiger partial charge in [0.1, 0.15) is 0 Å². The summed E-state index contributed by atoms with van der Waals surface area (Å²) < 4.78 is 0. The molecule has 0 unspecified atom stereocenters. The zero-order valence-corrected chi connectivity index (χ0v) is 32.3. The molecular formula is C56H39N3. The summed E-state index contributed by atoms with van der Waals surface area (Å²) in [7, 11) is 0. The highest BCUT2D eigenvalue weighted by molar-refractivity contribution is 5.91. The van der Waals surface area contributed by atoms with E-state index in [1.54, 1.807) is 0 Å². The van der Waals surface area contributed by atoms with Crippen LogP contribution in [0.25, 0.3) is 44.5 Å². The van der Waals surface area contributed by atoms with E-state index in [2.05, 4.69) is 211 Å². The molecule has 59 heavy (non-hydrogen) atoms. The minimum Gasteiger partial charge on any atom is -0.355 e. The lowest BCUT2D eigenvalue weighted by atomic mass is 9.68. The fraction of sp³-hybridized carbons (Fsp3) is 0.0179. The van der Waals surface area contributed by atoms with Crippen molar-refractivity contribution < 1.29 is 0 Å². The monoisotopic (exact) mass is 753 g/mol. The summed E-state index contributed by atoms with van der Waals surface area (Å²) in [6.45, 7) is 0. The first-order valence-corrected chi connectivity index (χ1v) is 20.0. The van der Waals surface area contributed by atoms with Crippen molar-refractivity contribution in [3.63, 3.8) is 0 Å². The topological polar surface area (TPSA) is 47.9 Å². The Morgan fingerprint density at radius 3 is 1.64 bits per heavy atom. The number of para-hydroxylation sites is 1. The van der Waals surface area contributed by atoms with E-state index in [0.717, 1.165) is 56.1 Å². The number of fused-ring (bicyclic) bond motifs is 3. The lowest BCUT2D eigenvalue weighted by Crippen LogP contribution is -2.28. The van der Waals surface area contributed by atoms with Crippen molar-refractivity contribution in [1.82, 2.24) is 0 Å². The first kappa shape index (κ1) is 35.5. The summed E-state index contributed by atoms with van der Waals surface area (Å²) in [5, 5.41) is 16.9. The highest BCUT2D eigenvalue weighted by Gasteiger charge is 2.45. The molecule has 0 saturated carbocycles. The summed E-state index contributed by atoms with van der Waals surface area (Å²) in [4.78, 5) is 0. The van der Waals surface area contributed by atoms with Crippen LogP contribution in [0.5, 0.6) is 0 Å². The van der Waals surface area contributed by atoms with E-state index >= 15 is 0 Å². The molecule has 0 saturated heterocycles. The van der Waals surface area contributed by atoms with Gasteiger partial charge in [0.15, 0.2) is 0 Å². The van der Waals surface area contributed by atoms with Crippen molar-refractivity contribution in [3.8, 4) is 50.6 Å². The Morgan fingerprint density at radius 2 is 0.898 bits per heavy atom. The van der Waals surface area contributed by atoms with E-state index in [1.807, 2.05) is 30.3 Å². The van der Waals surface area contributed by atoms with Crippen molar-refractivity contribution in [3.05, 3.63) is 252 Å². The molecule has 10 rings (SSSR count). The average Bonchev–Trinajstić information content (AvgIpc) is 3.60. The van der Waals surface area contributed by atoms with Gasteiger partial charge in [-0.25, -0.2) is 0 Å². The summed E-state index contributed by atoms with van der Waals surface area (Å²) >= 11 is 0. The van der Waals surface area contributed by atoms with E-state index in [4.69, 9.17) is 0 Å². The molecule has 9 aromatic carbocycles. The van der Waals surface area contributed by atoms with Crippen LogP contribution in [0.4, 0.5) is 22.7 Å². The van der Waals surface area contributed by atoms with Crippen LogP contribution < -0.4 is 10.6 Å². The van der Waals surface area contributed by atoms with E-state index in [0.29, 0.717) is 5.56 Å². The normalized spacial score (nSPS) is 12.2. The van der Waals surface area contributed by atoms with E-state index < -0.39 is 5.41 Å². The molecule has 0 radical (unpaired) electrons. The third-order valence-corrected chi connectivity index (χ3v) is 11.5. The Morgan fingerprint density at radius 1 is 0.339 bits per heavy atom. The van der Waals surface area contributed by atoms with Crippen LogP contribution in [0.15, 0.2) is 224 Å². The van der Waals surface area contributed by atoms with Gasteiger partial charge in [-0.2, -0.15) is 5.26 Å². The maximum absolute atomic E-state index is 9.49. The van der Waals surface area contributed by atoms with Crippen molar-refractivity contribution in [2.45, 2.75) is 5.41 Å². The first-order valence-electron chi connectivity index (χ1n) is 20.0. The van der Waals surface area contributed by atoms with Gasteiger partial charge in [-0.05, 0) is 110 Å². The number of nitriles is 1. The molecule has 2 N–H and O–H groups in total. The molecule has 0 amide bonds. The fourth-order valence-corrected chi connectivity index (χ4v) is 8.90. The molecule has 278 valence electrons. The summed E-state index contributed by atoms with van der Waals surface area (Å²) in [6, 6.07) is 81.8. The number of hydrogen-bond donors (Lipinski definition) is 2. The molecule has 3 nitrogen and oxygen atoms in total. The second-order valence-corrected chi connectivity index (χ2v) is 15.0. The van der Waals surface area contributed by atoms with Gasteiger partial charge in [0.2, 0.25) is 0 Å². The van der Waals surface area contributed by atoms with Crippen LogP contribution in [-0.4, -0.2) is 0 Å². The Hall–Kier alpha value is -7.93. The van der Waals surface area contributed by atoms with Gasteiger partial charge in [-0.3, -0.25) is 0 Å². The third kappa shape index (κ3) is 6.44. The van der Waals surface area contributed by atoms with Crippen LogP contribution in [0.3, 0.4) is 0 Å².